The van der Waals surface area contributed by atoms with Crippen molar-refractivity contribution in [3.05, 3.63) is 64.9 Å². The summed E-state index contributed by atoms with van der Waals surface area (Å²) in [7, 11) is 0. The Balaban J connectivity index is 1.90. The van der Waals surface area contributed by atoms with Crippen molar-refractivity contribution in [1.82, 2.24) is 4.98 Å². The number of hydrogen-bond donors (Lipinski definition) is 1. The number of nitrogens with zero attached hydrogens (tertiary/aromatic N) is 1. The predicted octanol–water partition coefficient (Wildman–Crippen LogP) is 4.36. The van der Waals surface area contributed by atoms with E-state index in [1.165, 1.54) is 6.42 Å². The SMILES string of the molecule is O[C@]1(c2cccc(Cl)c2)CCCC[C@@H]1Cc1ccccn1. The molecule has 110 valence electrons. The molecule has 0 saturated heterocycles. The van der Waals surface area contributed by atoms with E-state index in [1.54, 1.807) is 0 Å². The number of rotatable bonds is 3. The molecule has 1 aliphatic rings. The predicted molar refractivity (Wildman–Crippen MR) is 85.2 cm³/mol. The molecule has 1 aliphatic carbocycles. The lowest BCUT2D eigenvalue weighted by atomic mass is 9.70. The van der Waals surface area contributed by atoms with E-state index in [9.17, 15) is 5.11 Å². The van der Waals surface area contributed by atoms with Gasteiger partial charge < -0.3 is 5.11 Å². The van der Waals surface area contributed by atoms with E-state index in [-0.39, 0.29) is 5.92 Å². The molecule has 2 nitrogen and oxygen atoms in total. The third-order valence-electron chi connectivity index (χ3n) is 4.54. The van der Waals surface area contributed by atoms with Crippen molar-refractivity contribution < 1.29 is 5.11 Å². The molecular weight excluding hydrogens is 282 g/mol. The smallest absolute Gasteiger partial charge is 0.0928 e. The average molecular weight is 302 g/mol. The van der Waals surface area contributed by atoms with Gasteiger partial charge in [0.05, 0.1) is 5.60 Å². The third-order valence-corrected chi connectivity index (χ3v) is 4.78. The molecule has 1 heterocycles. The van der Waals surface area contributed by atoms with Crippen LogP contribution in [0.2, 0.25) is 5.02 Å². The minimum Gasteiger partial charge on any atom is -0.385 e. The second-order valence-electron chi connectivity index (χ2n) is 5.90. The molecule has 21 heavy (non-hydrogen) atoms. The first-order valence-electron chi connectivity index (χ1n) is 7.57. The Morgan fingerprint density at radius 2 is 2.10 bits per heavy atom. The van der Waals surface area contributed by atoms with Gasteiger partial charge in [-0.2, -0.15) is 0 Å². The van der Waals surface area contributed by atoms with Crippen LogP contribution in [0.25, 0.3) is 0 Å². The average Bonchev–Trinajstić information content (AvgIpc) is 2.51. The second kappa shape index (κ2) is 6.17. The summed E-state index contributed by atoms with van der Waals surface area (Å²) in [6.45, 7) is 0. The van der Waals surface area contributed by atoms with E-state index in [4.69, 9.17) is 11.6 Å². The highest BCUT2D eigenvalue weighted by Crippen LogP contribution is 2.43. The number of pyridine rings is 1. The van der Waals surface area contributed by atoms with Gasteiger partial charge in [-0.15, -0.1) is 0 Å². The van der Waals surface area contributed by atoms with Crippen molar-refractivity contribution >= 4 is 11.6 Å². The summed E-state index contributed by atoms with van der Waals surface area (Å²) in [5, 5.41) is 12.0. The standard InChI is InChI=1S/C18H20ClNO/c19-16-8-5-7-14(12-16)18(21)10-3-1-6-15(18)13-17-9-2-4-11-20-17/h2,4-5,7-9,11-12,15,21H,1,3,6,10,13H2/t15-,18+/m1/s1. The van der Waals surface area contributed by atoms with Crippen LogP contribution in [0, 0.1) is 5.92 Å². The van der Waals surface area contributed by atoms with Crippen molar-refractivity contribution in [3.63, 3.8) is 0 Å². The summed E-state index contributed by atoms with van der Waals surface area (Å²) in [6, 6.07) is 13.6. The number of halogens is 1. The highest BCUT2D eigenvalue weighted by atomic mass is 35.5. The van der Waals surface area contributed by atoms with Gasteiger partial charge in [0.25, 0.3) is 0 Å². The van der Waals surface area contributed by atoms with Crippen molar-refractivity contribution in [3.8, 4) is 0 Å². The Morgan fingerprint density at radius 3 is 2.86 bits per heavy atom. The highest BCUT2D eigenvalue weighted by Gasteiger charge is 2.40. The molecule has 1 N–H and O–H groups in total. The molecule has 3 heteroatoms. The Morgan fingerprint density at radius 1 is 1.19 bits per heavy atom. The first-order valence-corrected chi connectivity index (χ1v) is 7.94. The maximum Gasteiger partial charge on any atom is 0.0928 e. The molecule has 1 aromatic carbocycles. The van der Waals surface area contributed by atoms with Gasteiger partial charge in [0, 0.05) is 16.9 Å². The second-order valence-corrected chi connectivity index (χ2v) is 6.34. The van der Waals surface area contributed by atoms with Crippen LogP contribution < -0.4 is 0 Å². The van der Waals surface area contributed by atoms with Crippen LogP contribution >= 0.6 is 11.6 Å². The molecule has 0 aliphatic heterocycles. The van der Waals surface area contributed by atoms with Crippen LogP contribution in [0.5, 0.6) is 0 Å². The van der Waals surface area contributed by atoms with Crippen LogP contribution in [0.4, 0.5) is 0 Å². The minimum absolute atomic E-state index is 0.194. The minimum atomic E-state index is -0.791. The molecular formula is C18H20ClNO. The highest BCUT2D eigenvalue weighted by molar-refractivity contribution is 6.30. The van der Waals surface area contributed by atoms with E-state index in [0.29, 0.717) is 5.02 Å². The lowest BCUT2D eigenvalue weighted by Gasteiger charge is -2.40. The quantitative estimate of drug-likeness (QED) is 0.914. The van der Waals surface area contributed by atoms with E-state index >= 15 is 0 Å². The molecule has 0 bridgehead atoms. The van der Waals surface area contributed by atoms with Crippen molar-refractivity contribution in [2.75, 3.05) is 0 Å². The summed E-state index contributed by atoms with van der Waals surface area (Å²) in [5.74, 6) is 0.194. The number of hydrogen-bond acceptors (Lipinski definition) is 2. The number of aliphatic hydroxyl groups is 1. The molecule has 3 rings (SSSR count). The first kappa shape index (κ1) is 14.6. The van der Waals surface area contributed by atoms with Crippen LogP contribution in [0.1, 0.15) is 36.9 Å². The summed E-state index contributed by atoms with van der Waals surface area (Å²) in [6.07, 6.45) is 6.67. The number of benzene rings is 1. The van der Waals surface area contributed by atoms with Crippen LogP contribution in [0.15, 0.2) is 48.7 Å². The van der Waals surface area contributed by atoms with E-state index in [2.05, 4.69) is 4.98 Å². The molecule has 0 unspecified atom stereocenters. The zero-order valence-corrected chi connectivity index (χ0v) is 12.8. The summed E-state index contributed by atoms with van der Waals surface area (Å²) in [5.41, 5.74) is 1.20. The third kappa shape index (κ3) is 3.12. The first-order chi connectivity index (χ1) is 10.2. The zero-order chi connectivity index (χ0) is 14.7. The van der Waals surface area contributed by atoms with Crippen LogP contribution in [-0.4, -0.2) is 10.1 Å². The van der Waals surface area contributed by atoms with Gasteiger partial charge in [0.2, 0.25) is 0 Å². The fourth-order valence-corrected chi connectivity index (χ4v) is 3.60. The fraction of sp³-hybridized carbons (Fsp3) is 0.389. The largest absolute Gasteiger partial charge is 0.385 e. The monoisotopic (exact) mass is 301 g/mol. The lowest BCUT2D eigenvalue weighted by molar-refractivity contribution is -0.0545. The van der Waals surface area contributed by atoms with E-state index < -0.39 is 5.60 Å². The van der Waals surface area contributed by atoms with Gasteiger partial charge >= 0.3 is 0 Å². The van der Waals surface area contributed by atoms with Gasteiger partial charge in [-0.05, 0) is 55.0 Å². The van der Waals surface area contributed by atoms with Gasteiger partial charge in [-0.25, -0.2) is 0 Å². The Kier molecular flexibility index (Phi) is 4.27. The zero-order valence-electron chi connectivity index (χ0n) is 12.0. The molecule has 1 fully saturated rings. The van der Waals surface area contributed by atoms with Gasteiger partial charge in [-0.3, -0.25) is 4.98 Å². The molecule has 0 amide bonds. The molecule has 1 aromatic heterocycles. The molecule has 0 spiro atoms. The fourth-order valence-electron chi connectivity index (χ4n) is 3.41. The van der Waals surface area contributed by atoms with Crippen molar-refractivity contribution in [2.24, 2.45) is 5.92 Å². The molecule has 0 radical (unpaired) electrons. The molecule has 2 atom stereocenters. The Bertz CT molecular complexity index is 601. The topological polar surface area (TPSA) is 33.1 Å². The van der Waals surface area contributed by atoms with E-state index in [1.807, 2.05) is 48.7 Å². The van der Waals surface area contributed by atoms with Gasteiger partial charge in [0.15, 0.2) is 0 Å². The van der Waals surface area contributed by atoms with E-state index in [0.717, 1.165) is 36.9 Å². The Labute approximate surface area is 130 Å². The summed E-state index contributed by atoms with van der Waals surface area (Å²) < 4.78 is 0. The van der Waals surface area contributed by atoms with Crippen LogP contribution in [0.3, 0.4) is 0 Å². The number of aromatic nitrogens is 1. The lowest BCUT2D eigenvalue weighted by Crippen LogP contribution is -2.39. The maximum absolute atomic E-state index is 11.3. The molecule has 1 saturated carbocycles. The Hall–Kier alpha value is -1.38. The van der Waals surface area contributed by atoms with Crippen molar-refractivity contribution in [1.29, 1.82) is 0 Å². The normalized spacial score (nSPS) is 25.7. The summed E-state index contributed by atoms with van der Waals surface area (Å²) >= 11 is 6.11. The van der Waals surface area contributed by atoms with Crippen LogP contribution in [-0.2, 0) is 12.0 Å². The van der Waals surface area contributed by atoms with Crippen molar-refractivity contribution in [2.45, 2.75) is 37.7 Å². The molecule has 2 aromatic rings. The van der Waals surface area contributed by atoms with Gasteiger partial charge in [-0.1, -0.05) is 42.6 Å². The van der Waals surface area contributed by atoms with Gasteiger partial charge in [0.1, 0.15) is 0 Å². The summed E-state index contributed by atoms with van der Waals surface area (Å²) in [4.78, 5) is 4.41. The maximum atomic E-state index is 11.3.